The Kier molecular flexibility index (Phi) is 4.12. The Bertz CT molecular complexity index is 1080. The summed E-state index contributed by atoms with van der Waals surface area (Å²) in [6.07, 6.45) is 2.89. The fourth-order valence-corrected chi connectivity index (χ4v) is 4.23. The fourth-order valence-electron chi connectivity index (χ4n) is 4.23. The molecule has 1 N–H and O–H groups in total. The quantitative estimate of drug-likeness (QED) is 0.675. The van der Waals surface area contributed by atoms with Crippen molar-refractivity contribution in [2.75, 3.05) is 25.1 Å². The highest BCUT2D eigenvalue weighted by molar-refractivity contribution is 5.91. The van der Waals surface area contributed by atoms with E-state index in [1.807, 2.05) is 30.3 Å². The van der Waals surface area contributed by atoms with Crippen molar-refractivity contribution in [3.63, 3.8) is 0 Å². The minimum Gasteiger partial charge on any atom is -0.508 e. The van der Waals surface area contributed by atoms with Crippen LogP contribution in [0.4, 0.5) is 5.69 Å². The largest absolute Gasteiger partial charge is 0.508 e. The smallest absolute Gasteiger partial charge is 0.172 e. The van der Waals surface area contributed by atoms with Crippen molar-refractivity contribution in [1.29, 1.82) is 0 Å². The van der Waals surface area contributed by atoms with Crippen molar-refractivity contribution in [1.82, 2.24) is 0 Å². The zero-order valence-corrected chi connectivity index (χ0v) is 15.9. The number of ether oxygens (including phenoxy) is 2. The normalized spacial score (nSPS) is 16.2. The Morgan fingerprint density at radius 3 is 2.64 bits per heavy atom. The van der Waals surface area contributed by atoms with Crippen LogP contribution in [0.3, 0.4) is 0 Å². The molecule has 2 aliphatic heterocycles. The highest BCUT2D eigenvalue weighted by atomic mass is 16.5. The molecule has 0 aromatic heterocycles. The van der Waals surface area contributed by atoms with E-state index in [4.69, 9.17) is 9.47 Å². The van der Waals surface area contributed by atoms with Crippen molar-refractivity contribution in [3.8, 4) is 11.5 Å². The average molecular weight is 373 g/mol. The van der Waals surface area contributed by atoms with Crippen LogP contribution < -0.4 is 14.4 Å². The Labute approximate surface area is 164 Å². The average Bonchev–Trinajstić information content (AvgIpc) is 3.27. The number of nitrogens with zero attached hydrogens (tertiary/aromatic N) is 1. The van der Waals surface area contributed by atoms with E-state index in [0.29, 0.717) is 12.2 Å². The summed E-state index contributed by atoms with van der Waals surface area (Å²) in [4.78, 5) is 2.35. The van der Waals surface area contributed by atoms with Crippen molar-refractivity contribution >= 4 is 22.2 Å². The van der Waals surface area contributed by atoms with E-state index in [9.17, 15) is 5.11 Å². The molecular weight excluding hydrogens is 350 g/mol. The second kappa shape index (κ2) is 6.79. The van der Waals surface area contributed by atoms with Crippen LogP contribution in [0.5, 0.6) is 11.5 Å². The van der Waals surface area contributed by atoms with Crippen LogP contribution in [0, 0.1) is 0 Å². The van der Waals surface area contributed by atoms with Crippen LogP contribution >= 0.6 is 0 Å². The third-order valence-electron chi connectivity index (χ3n) is 5.67. The minimum atomic E-state index is 0.249. The lowest BCUT2D eigenvalue weighted by Crippen LogP contribution is -2.18. The zero-order chi connectivity index (χ0) is 19.1. The number of benzene rings is 3. The molecule has 1 saturated heterocycles. The van der Waals surface area contributed by atoms with Gasteiger partial charge in [-0.15, -0.1) is 0 Å². The first-order valence-electron chi connectivity index (χ1n) is 9.78. The van der Waals surface area contributed by atoms with Crippen molar-refractivity contribution in [2.45, 2.75) is 19.3 Å². The third kappa shape index (κ3) is 2.76. The van der Waals surface area contributed by atoms with Gasteiger partial charge >= 0.3 is 0 Å². The van der Waals surface area contributed by atoms with Gasteiger partial charge in [0, 0.05) is 36.0 Å². The van der Waals surface area contributed by atoms with E-state index in [1.165, 1.54) is 12.8 Å². The van der Waals surface area contributed by atoms with E-state index in [1.54, 1.807) is 7.11 Å². The van der Waals surface area contributed by atoms with Crippen LogP contribution in [0.25, 0.3) is 16.5 Å². The lowest BCUT2D eigenvalue weighted by atomic mass is 9.98. The van der Waals surface area contributed by atoms with E-state index in [-0.39, 0.29) is 5.76 Å². The lowest BCUT2D eigenvalue weighted by molar-refractivity contribution is 0.359. The Morgan fingerprint density at radius 2 is 1.82 bits per heavy atom. The molecule has 28 heavy (non-hydrogen) atoms. The standard InChI is InChI=1S/C24H23NO3/c1-27-22-15-18(10-11-20(22)25-12-4-5-13-25)24-21(26)14-17-9-8-16-6-2-3-7-19(16)23(17)28-24/h2-3,6-11,15,26H,4-5,12-14H2,1H3. The summed E-state index contributed by atoms with van der Waals surface area (Å²) in [7, 11) is 1.69. The summed E-state index contributed by atoms with van der Waals surface area (Å²) in [5.41, 5.74) is 2.93. The van der Waals surface area contributed by atoms with Crippen LogP contribution in [-0.4, -0.2) is 25.3 Å². The van der Waals surface area contributed by atoms with Gasteiger partial charge in [-0.05, 0) is 36.4 Å². The van der Waals surface area contributed by atoms with Gasteiger partial charge in [0.15, 0.2) is 5.76 Å². The number of aliphatic hydroxyl groups excluding tert-OH is 1. The molecule has 4 nitrogen and oxygen atoms in total. The number of rotatable bonds is 3. The maximum atomic E-state index is 10.7. The molecular formula is C24H23NO3. The number of hydrogen-bond donors (Lipinski definition) is 1. The molecule has 142 valence electrons. The first-order valence-corrected chi connectivity index (χ1v) is 9.78. The van der Waals surface area contributed by atoms with E-state index in [0.717, 1.165) is 52.2 Å². The minimum absolute atomic E-state index is 0.249. The monoisotopic (exact) mass is 373 g/mol. The first-order chi connectivity index (χ1) is 13.7. The Morgan fingerprint density at radius 1 is 1.00 bits per heavy atom. The number of anilines is 1. The van der Waals surface area contributed by atoms with E-state index in [2.05, 4.69) is 29.2 Å². The molecule has 4 heteroatoms. The fraction of sp³-hybridized carbons (Fsp3) is 0.250. The van der Waals surface area contributed by atoms with Crippen molar-refractivity contribution in [3.05, 3.63) is 71.5 Å². The topological polar surface area (TPSA) is 41.9 Å². The molecule has 3 aromatic rings. The summed E-state index contributed by atoms with van der Waals surface area (Å²) < 4.78 is 11.9. The summed E-state index contributed by atoms with van der Waals surface area (Å²) in [6.45, 7) is 2.11. The number of allylic oxidation sites excluding steroid dienone is 1. The molecule has 5 rings (SSSR count). The molecule has 0 aliphatic carbocycles. The molecule has 2 aliphatic rings. The number of fused-ring (bicyclic) bond motifs is 3. The van der Waals surface area contributed by atoms with Gasteiger partial charge in [0.2, 0.25) is 0 Å². The molecule has 0 amide bonds. The van der Waals surface area contributed by atoms with Gasteiger partial charge in [0.1, 0.15) is 17.3 Å². The second-order valence-electron chi connectivity index (χ2n) is 7.41. The van der Waals surface area contributed by atoms with Crippen LogP contribution in [0.15, 0.2) is 60.4 Å². The number of aliphatic hydroxyl groups is 1. The Balaban J connectivity index is 1.55. The van der Waals surface area contributed by atoms with Gasteiger partial charge in [0.05, 0.1) is 12.8 Å². The summed E-state index contributed by atoms with van der Waals surface area (Å²) in [6, 6.07) is 18.3. The SMILES string of the molecule is COc1cc(C2=C(O)Cc3ccc4ccccc4c3O2)ccc1N1CCCC1. The predicted octanol–water partition coefficient (Wildman–Crippen LogP) is 5.31. The molecule has 2 heterocycles. The van der Waals surface area contributed by atoms with Gasteiger partial charge in [-0.3, -0.25) is 0 Å². The van der Waals surface area contributed by atoms with Gasteiger partial charge in [0.25, 0.3) is 0 Å². The van der Waals surface area contributed by atoms with Gasteiger partial charge < -0.3 is 19.5 Å². The number of hydrogen-bond acceptors (Lipinski definition) is 4. The van der Waals surface area contributed by atoms with Crippen LogP contribution in [-0.2, 0) is 6.42 Å². The van der Waals surface area contributed by atoms with Gasteiger partial charge in [-0.1, -0.05) is 36.4 Å². The molecule has 0 saturated carbocycles. The zero-order valence-electron chi connectivity index (χ0n) is 15.9. The molecule has 3 aromatic carbocycles. The van der Waals surface area contributed by atoms with E-state index >= 15 is 0 Å². The highest BCUT2D eigenvalue weighted by Gasteiger charge is 2.24. The highest BCUT2D eigenvalue weighted by Crippen LogP contribution is 2.41. The van der Waals surface area contributed by atoms with Crippen LogP contribution in [0.1, 0.15) is 24.0 Å². The maximum absolute atomic E-state index is 10.7. The number of methoxy groups -OCH3 is 1. The van der Waals surface area contributed by atoms with Crippen molar-refractivity contribution in [2.24, 2.45) is 0 Å². The lowest BCUT2D eigenvalue weighted by Gasteiger charge is -2.24. The summed E-state index contributed by atoms with van der Waals surface area (Å²) in [5, 5.41) is 12.9. The second-order valence-corrected chi connectivity index (χ2v) is 7.41. The van der Waals surface area contributed by atoms with Crippen LogP contribution in [0.2, 0.25) is 0 Å². The summed E-state index contributed by atoms with van der Waals surface area (Å²) >= 11 is 0. The molecule has 1 fully saturated rings. The Hall–Kier alpha value is -3.14. The first kappa shape index (κ1) is 17.0. The van der Waals surface area contributed by atoms with Crippen molar-refractivity contribution < 1.29 is 14.6 Å². The third-order valence-corrected chi connectivity index (χ3v) is 5.67. The molecule has 0 spiro atoms. The molecule has 0 radical (unpaired) electrons. The van der Waals surface area contributed by atoms with E-state index < -0.39 is 0 Å². The summed E-state index contributed by atoms with van der Waals surface area (Å²) in [5.74, 6) is 2.40. The molecule has 0 unspecified atom stereocenters. The predicted molar refractivity (Wildman–Crippen MR) is 112 cm³/mol. The van der Waals surface area contributed by atoms with Gasteiger partial charge in [-0.25, -0.2) is 0 Å². The molecule has 0 atom stereocenters. The maximum Gasteiger partial charge on any atom is 0.172 e. The molecule has 0 bridgehead atoms. The van der Waals surface area contributed by atoms with Gasteiger partial charge in [-0.2, -0.15) is 0 Å².